The number of aliphatic imine (C=N–C) groups is 2. The highest BCUT2D eigenvalue weighted by molar-refractivity contribution is 6.31. The molecule has 6 aromatic rings. The number of primary amides is 1. The molecule has 2 aliphatic rings. The Hall–Kier alpha value is -5.88. The van der Waals surface area contributed by atoms with Gasteiger partial charge in [-0.3, -0.25) is 19.6 Å². The summed E-state index contributed by atoms with van der Waals surface area (Å²) < 4.78 is 11.1. The number of carbonyl (C=O) groups excluding carboxylic acids is 1. The molecule has 0 radical (unpaired) electrons. The van der Waals surface area contributed by atoms with Gasteiger partial charge in [0.1, 0.15) is 12.1 Å². The van der Waals surface area contributed by atoms with E-state index in [4.69, 9.17) is 48.0 Å². The number of nitrogens with zero attached hydrogens (tertiary/aromatic N) is 4. The third kappa shape index (κ3) is 7.40. The van der Waals surface area contributed by atoms with Crippen LogP contribution in [0.1, 0.15) is 70.1 Å². The molecule has 2 aromatic heterocycles. The summed E-state index contributed by atoms with van der Waals surface area (Å²) in [5.41, 5.74) is 15.7. The Morgan fingerprint density at radius 1 is 0.642 bits per heavy atom. The molecule has 2 atom stereocenters. The molecule has 0 aliphatic carbocycles. The van der Waals surface area contributed by atoms with Crippen LogP contribution in [0.2, 0.25) is 10.0 Å². The molecule has 8 rings (SSSR count). The minimum Gasteiger partial charge on any atom is -0.481 e. The number of carboxylic acids is 1. The maximum Gasteiger partial charge on any atom is 0.306 e. The van der Waals surface area contributed by atoms with Crippen molar-refractivity contribution in [2.24, 2.45) is 15.7 Å². The number of hydrogen-bond donors (Lipinski definition) is 2. The van der Waals surface area contributed by atoms with Crippen molar-refractivity contribution in [1.29, 1.82) is 0 Å². The number of fused-ring (bicyclic) bond motifs is 6. The van der Waals surface area contributed by atoms with Crippen LogP contribution in [0.15, 0.2) is 116 Å². The summed E-state index contributed by atoms with van der Waals surface area (Å²) in [6.07, 6.45) is -0.126. The van der Waals surface area contributed by atoms with Crippen molar-refractivity contribution in [1.82, 2.24) is 10.3 Å². The van der Waals surface area contributed by atoms with Gasteiger partial charge in [-0.1, -0.05) is 106 Å². The third-order valence-corrected chi connectivity index (χ3v) is 9.36. The standard InChI is InChI=1S/C20H16ClN3O2.C20H15ClN2O3.H2O/c1-11-18-14-4-2-3-5-15(14)19(12-6-8-13(21)9-7-12)23-16(10-17(22)25)20(18)26-24-11;1-11-18-14-4-2-3-5-15(14)19(12-6-8-13(21)9-7-12)22-16(10-17(24)25)20(18)26-23-11;/h2-9,16H,10H2,1H3,(H2,22,25);2-9,16H,10H2,1H3,(H,24,25);1H2/t2*16-;/m00./s1. The van der Waals surface area contributed by atoms with Gasteiger partial charge in [-0.2, -0.15) is 0 Å². The van der Waals surface area contributed by atoms with Crippen molar-refractivity contribution < 1.29 is 29.2 Å². The zero-order valence-corrected chi connectivity index (χ0v) is 30.0. The maximum absolute atomic E-state index is 11.6. The van der Waals surface area contributed by atoms with E-state index in [9.17, 15) is 14.7 Å². The van der Waals surface area contributed by atoms with Gasteiger partial charge in [-0.25, -0.2) is 0 Å². The fourth-order valence-corrected chi connectivity index (χ4v) is 6.83. The smallest absolute Gasteiger partial charge is 0.306 e. The quantitative estimate of drug-likeness (QED) is 0.173. The number of carboxylic acid groups (broad SMARTS) is 1. The largest absolute Gasteiger partial charge is 0.481 e. The van der Waals surface area contributed by atoms with E-state index in [1.807, 2.05) is 98.8 Å². The molecule has 5 N–H and O–H groups in total. The number of hydrogen-bond acceptors (Lipinski definition) is 8. The monoisotopic (exact) mass is 749 g/mol. The van der Waals surface area contributed by atoms with Crippen LogP contribution < -0.4 is 5.73 Å². The highest BCUT2D eigenvalue weighted by Gasteiger charge is 2.32. The summed E-state index contributed by atoms with van der Waals surface area (Å²) in [6, 6.07) is 29.4. The fourth-order valence-electron chi connectivity index (χ4n) is 6.58. The van der Waals surface area contributed by atoms with E-state index in [1.54, 1.807) is 12.1 Å². The molecule has 0 saturated carbocycles. The molecule has 2 aliphatic heterocycles. The van der Waals surface area contributed by atoms with Crippen LogP contribution in [0.3, 0.4) is 0 Å². The second-order valence-corrected chi connectivity index (χ2v) is 13.2. The lowest BCUT2D eigenvalue weighted by Crippen LogP contribution is -2.15. The molecule has 268 valence electrons. The first kappa shape index (κ1) is 36.9. The van der Waals surface area contributed by atoms with Crippen LogP contribution >= 0.6 is 23.2 Å². The minimum absolute atomic E-state index is 0. The minimum atomic E-state index is -0.944. The molecule has 0 fully saturated rings. The molecule has 53 heavy (non-hydrogen) atoms. The van der Waals surface area contributed by atoms with Crippen molar-refractivity contribution in [3.8, 4) is 22.3 Å². The topological polar surface area (TPSA) is 189 Å². The Balaban J connectivity index is 0.000000178. The number of carbonyl (C=O) groups is 2. The molecule has 0 saturated heterocycles. The Bertz CT molecular complexity index is 2210. The van der Waals surface area contributed by atoms with Crippen LogP contribution in [-0.4, -0.2) is 44.2 Å². The molecule has 4 heterocycles. The van der Waals surface area contributed by atoms with Gasteiger partial charge in [-0.15, -0.1) is 0 Å². The zero-order valence-electron chi connectivity index (χ0n) is 28.5. The molecule has 0 bridgehead atoms. The van der Waals surface area contributed by atoms with E-state index in [1.165, 1.54) is 0 Å². The van der Waals surface area contributed by atoms with Crippen molar-refractivity contribution >= 4 is 46.5 Å². The number of amides is 1. The van der Waals surface area contributed by atoms with Crippen molar-refractivity contribution in [3.63, 3.8) is 0 Å². The maximum atomic E-state index is 11.6. The number of rotatable bonds is 6. The summed E-state index contributed by atoms with van der Waals surface area (Å²) >= 11 is 12.0. The first-order valence-electron chi connectivity index (χ1n) is 16.4. The average molecular weight is 751 g/mol. The number of aliphatic carboxylic acids is 1. The molecule has 11 nitrogen and oxygen atoms in total. The first-order chi connectivity index (χ1) is 25.1. The van der Waals surface area contributed by atoms with Crippen LogP contribution in [0, 0.1) is 13.8 Å². The number of aromatic nitrogens is 2. The second-order valence-electron chi connectivity index (χ2n) is 12.4. The van der Waals surface area contributed by atoms with Crippen LogP contribution in [0.4, 0.5) is 0 Å². The second kappa shape index (κ2) is 15.4. The summed E-state index contributed by atoms with van der Waals surface area (Å²) in [5, 5.41) is 18.8. The molecular weight excluding hydrogens is 717 g/mol. The van der Waals surface area contributed by atoms with Crippen molar-refractivity contribution in [3.05, 3.63) is 152 Å². The van der Waals surface area contributed by atoms with Crippen LogP contribution in [0.5, 0.6) is 0 Å². The van der Waals surface area contributed by atoms with Gasteiger partial charge in [0.15, 0.2) is 11.5 Å². The summed E-state index contributed by atoms with van der Waals surface area (Å²) in [6.45, 7) is 3.73. The van der Waals surface area contributed by atoms with Crippen LogP contribution in [0.25, 0.3) is 22.3 Å². The van der Waals surface area contributed by atoms with Gasteiger partial charge < -0.3 is 25.4 Å². The lowest BCUT2D eigenvalue weighted by atomic mass is 9.93. The molecule has 1 amide bonds. The number of benzene rings is 4. The van der Waals surface area contributed by atoms with Crippen molar-refractivity contribution in [2.45, 2.75) is 38.8 Å². The normalized spacial score (nSPS) is 15.3. The van der Waals surface area contributed by atoms with Gasteiger partial charge in [0, 0.05) is 32.3 Å². The SMILES string of the molecule is Cc1noc2c1-c1ccccc1C(c1ccc(Cl)cc1)=N[C@H]2CC(=O)O.Cc1noc2c1-c1ccccc1C(c1ccc(Cl)cc1)=N[C@H]2CC(N)=O.O. The van der Waals surface area contributed by atoms with Gasteiger partial charge in [0.05, 0.1) is 46.8 Å². The Kier molecular flexibility index (Phi) is 10.7. The zero-order chi connectivity index (χ0) is 36.5. The number of aryl methyl sites for hydroxylation is 2. The van der Waals surface area contributed by atoms with Crippen molar-refractivity contribution in [2.75, 3.05) is 0 Å². The predicted octanol–water partition coefficient (Wildman–Crippen LogP) is 7.92. The average Bonchev–Trinajstić information content (AvgIpc) is 3.63. The fraction of sp³-hybridized carbons (Fsp3) is 0.150. The Morgan fingerprint density at radius 3 is 1.40 bits per heavy atom. The highest BCUT2D eigenvalue weighted by Crippen LogP contribution is 2.42. The van der Waals surface area contributed by atoms with E-state index >= 15 is 0 Å². The van der Waals surface area contributed by atoms with Gasteiger partial charge in [0.25, 0.3) is 0 Å². The lowest BCUT2D eigenvalue weighted by Gasteiger charge is -2.11. The Labute approximate surface area is 314 Å². The molecule has 0 spiro atoms. The van der Waals surface area contributed by atoms with E-state index in [2.05, 4.69) is 10.3 Å². The van der Waals surface area contributed by atoms with Gasteiger partial charge >= 0.3 is 5.97 Å². The first-order valence-corrected chi connectivity index (χ1v) is 17.1. The van der Waals surface area contributed by atoms with E-state index in [0.717, 1.165) is 61.6 Å². The molecule has 0 unspecified atom stereocenters. The predicted molar refractivity (Wildman–Crippen MR) is 203 cm³/mol. The summed E-state index contributed by atoms with van der Waals surface area (Å²) in [5.74, 6) is -0.334. The third-order valence-electron chi connectivity index (χ3n) is 8.85. The Morgan fingerprint density at radius 2 is 1.02 bits per heavy atom. The molecule has 4 aromatic carbocycles. The number of nitrogens with two attached hydrogens (primary N) is 1. The highest BCUT2D eigenvalue weighted by atomic mass is 35.5. The summed E-state index contributed by atoms with van der Waals surface area (Å²) in [7, 11) is 0. The van der Waals surface area contributed by atoms with Gasteiger partial charge in [0.2, 0.25) is 5.91 Å². The van der Waals surface area contributed by atoms with Gasteiger partial charge in [-0.05, 0) is 49.2 Å². The molecule has 13 heteroatoms. The van der Waals surface area contributed by atoms with Crippen LogP contribution in [-0.2, 0) is 9.59 Å². The molecular formula is C40H33Cl2N5O6. The van der Waals surface area contributed by atoms with E-state index < -0.39 is 24.0 Å². The lowest BCUT2D eigenvalue weighted by molar-refractivity contribution is -0.137. The van der Waals surface area contributed by atoms with E-state index in [-0.39, 0.29) is 18.3 Å². The van der Waals surface area contributed by atoms with E-state index in [0.29, 0.717) is 27.3 Å². The summed E-state index contributed by atoms with van der Waals surface area (Å²) in [4.78, 5) is 32.7. The number of halogens is 2.